The van der Waals surface area contributed by atoms with Crippen LogP contribution in [0.3, 0.4) is 0 Å². The van der Waals surface area contributed by atoms with Gasteiger partial charge in [-0.2, -0.15) is 0 Å². The van der Waals surface area contributed by atoms with E-state index in [-0.39, 0.29) is 0 Å². The van der Waals surface area contributed by atoms with Crippen LogP contribution < -0.4 is 0 Å². The van der Waals surface area contributed by atoms with Gasteiger partial charge in [0, 0.05) is 13.8 Å². The van der Waals surface area contributed by atoms with Gasteiger partial charge in [0.2, 0.25) is 0 Å². The van der Waals surface area contributed by atoms with E-state index in [0.717, 1.165) is 0 Å². The average molecular weight is 137 g/mol. The third kappa shape index (κ3) is 1.95. The molecule has 0 bridgehead atoms. The van der Waals surface area contributed by atoms with Crippen LogP contribution in [0, 0.1) is 0 Å². The molecular formula is C4H12NO2P. The van der Waals surface area contributed by atoms with Gasteiger partial charge in [-0.05, 0) is 14.1 Å². The maximum atomic E-state index is 11.0. The molecule has 0 fully saturated rings. The summed E-state index contributed by atoms with van der Waals surface area (Å²) in [5.74, 6) is 0. The van der Waals surface area contributed by atoms with Crippen molar-refractivity contribution in [3.63, 3.8) is 0 Å². The molecule has 0 aliphatic heterocycles. The van der Waals surface area contributed by atoms with Crippen molar-refractivity contribution in [3.05, 3.63) is 0 Å². The standard InChI is InChI=1S/C4H12NO2P/c1-5(2)8(4,6)7-3/h1-4H3/t8-/m1/s1. The lowest BCUT2D eigenvalue weighted by atomic mass is 11.3. The van der Waals surface area contributed by atoms with Gasteiger partial charge < -0.3 is 4.52 Å². The number of hydrogen-bond acceptors (Lipinski definition) is 2. The van der Waals surface area contributed by atoms with E-state index in [1.165, 1.54) is 7.11 Å². The Hall–Kier alpha value is 0.150. The molecule has 8 heavy (non-hydrogen) atoms. The van der Waals surface area contributed by atoms with Crippen molar-refractivity contribution in [3.8, 4) is 0 Å². The monoisotopic (exact) mass is 137 g/mol. The molecular weight excluding hydrogens is 125 g/mol. The Kier molecular flexibility index (Phi) is 2.67. The summed E-state index contributed by atoms with van der Waals surface area (Å²) in [5.41, 5.74) is 0. The van der Waals surface area contributed by atoms with Crippen molar-refractivity contribution < 1.29 is 9.09 Å². The first kappa shape index (κ1) is 8.15. The number of rotatable bonds is 2. The molecule has 0 aromatic carbocycles. The molecule has 0 aliphatic carbocycles. The predicted molar refractivity (Wildman–Crippen MR) is 34.2 cm³/mol. The molecule has 0 rings (SSSR count). The predicted octanol–water partition coefficient (Wildman–Crippen LogP) is 1.02. The first-order valence-electron chi connectivity index (χ1n) is 2.32. The molecule has 0 heterocycles. The fourth-order valence-electron chi connectivity index (χ4n) is 0.163. The van der Waals surface area contributed by atoms with E-state index in [2.05, 4.69) is 4.52 Å². The van der Waals surface area contributed by atoms with Crippen LogP contribution in [0.1, 0.15) is 0 Å². The van der Waals surface area contributed by atoms with Crippen molar-refractivity contribution in [2.45, 2.75) is 0 Å². The van der Waals surface area contributed by atoms with Crippen molar-refractivity contribution in [2.75, 3.05) is 27.9 Å². The highest BCUT2D eigenvalue weighted by Crippen LogP contribution is 2.42. The van der Waals surface area contributed by atoms with Gasteiger partial charge in [-0.3, -0.25) is 4.57 Å². The van der Waals surface area contributed by atoms with Gasteiger partial charge in [0.05, 0.1) is 0 Å². The average Bonchev–Trinajstić information content (AvgIpc) is 1.67. The van der Waals surface area contributed by atoms with E-state index in [1.807, 2.05) is 0 Å². The molecule has 0 spiro atoms. The molecule has 0 aromatic rings. The van der Waals surface area contributed by atoms with E-state index in [4.69, 9.17) is 0 Å². The highest BCUT2D eigenvalue weighted by molar-refractivity contribution is 7.55. The van der Waals surface area contributed by atoms with Crippen LogP contribution >= 0.6 is 7.52 Å². The zero-order valence-electron chi connectivity index (χ0n) is 5.71. The summed E-state index contributed by atoms with van der Waals surface area (Å²) in [7, 11) is 2.49. The molecule has 0 N–H and O–H groups in total. The smallest absolute Gasteiger partial charge is 0.268 e. The molecule has 0 amide bonds. The third-order valence-corrected chi connectivity index (χ3v) is 3.20. The molecule has 0 saturated heterocycles. The van der Waals surface area contributed by atoms with Crippen LogP contribution in [-0.4, -0.2) is 32.5 Å². The summed E-state index contributed by atoms with van der Waals surface area (Å²) in [6.45, 7) is 1.58. The second kappa shape index (κ2) is 2.62. The number of nitrogens with zero attached hydrogens (tertiary/aromatic N) is 1. The fourth-order valence-corrected chi connectivity index (χ4v) is 0.490. The fraction of sp³-hybridized carbons (Fsp3) is 1.00. The van der Waals surface area contributed by atoms with Crippen molar-refractivity contribution in [1.82, 2.24) is 4.67 Å². The Balaban J connectivity index is 3.93. The topological polar surface area (TPSA) is 29.5 Å². The second-order valence-corrected chi connectivity index (χ2v) is 4.60. The van der Waals surface area contributed by atoms with Crippen LogP contribution in [0.25, 0.3) is 0 Å². The van der Waals surface area contributed by atoms with Gasteiger partial charge in [-0.15, -0.1) is 0 Å². The van der Waals surface area contributed by atoms with Gasteiger partial charge in [-0.25, -0.2) is 4.67 Å². The maximum absolute atomic E-state index is 11.0. The summed E-state index contributed by atoms with van der Waals surface area (Å²) in [6, 6.07) is 0. The third-order valence-electron chi connectivity index (χ3n) is 1.07. The van der Waals surface area contributed by atoms with Gasteiger partial charge >= 0.3 is 0 Å². The first-order chi connectivity index (χ1) is 3.50. The second-order valence-electron chi connectivity index (χ2n) is 1.83. The van der Waals surface area contributed by atoms with Gasteiger partial charge in [0.1, 0.15) is 0 Å². The Morgan fingerprint density at radius 3 is 1.88 bits per heavy atom. The Morgan fingerprint density at radius 1 is 1.50 bits per heavy atom. The Morgan fingerprint density at radius 2 is 1.88 bits per heavy atom. The minimum Gasteiger partial charge on any atom is -0.321 e. The van der Waals surface area contributed by atoms with Crippen LogP contribution in [0.4, 0.5) is 0 Å². The molecule has 0 aliphatic rings. The van der Waals surface area contributed by atoms with Crippen LogP contribution in [0.5, 0.6) is 0 Å². The molecule has 0 saturated carbocycles. The van der Waals surface area contributed by atoms with Crippen LogP contribution in [-0.2, 0) is 9.09 Å². The normalized spacial score (nSPS) is 18.6. The molecule has 4 heteroatoms. The minimum absolute atomic E-state index is 1.45. The molecule has 0 aromatic heterocycles. The summed E-state index contributed by atoms with van der Waals surface area (Å²) in [5, 5.41) is 0. The van der Waals surface area contributed by atoms with E-state index in [0.29, 0.717) is 0 Å². The van der Waals surface area contributed by atoms with Crippen molar-refractivity contribution >= 4 is 7.52 Å². The van der Waals surface area contributed by atoms with Crippen LogP contribution in [0.2, 0.25) is 0 Å². The molecule has 0 radical (unpaired) electrons. The highest BCUT2D eigenvalue weighted by atomic mass is 31.2. The minimum atomic E-state index is -2.41. The van der Waals surface area contributed by atoms with Crippen molar-refractivity contribution in [1.29, 1.82) is 0 Å². The van der Waals surface area contributed by atoms with Gasteiger partial charge in [-0.1, -0.05) is 0 Å². The van der Waals surface area contributed by atoms with E-state index >= 15 is 0 Å². The zero-order chi connectivity index (χ0) is 6.78. The molecule has 50 valence electrons. The van der Waals surface area contributed by atoms with Gasteiger partial charge in [0.15, 0.2) is 0 Å². The maximum Gasteiger partial charge on any atom is 0.268 e. The summed E-state index contributed by atoms with van der Waals surface area (Å²) >= 11 is 0. The highest BCUT2D eigenvalue weighted by Gasteiger charge is 2.15. The summed E-state index contributed by atoms with van der Waals surface area (Å²) < 4.78 is 17.2. The molecule has 0 unspecified atom stereocenters. The van der Waals surface area contributed by atoms with Crippen molar-refractivity contribution in [2.24, 2.45) is 0 Å². The number of hydrogen-bond donors (Lipinski definition) is 0. The van der Waals surface area contributed by atoms with Gasteiger partial charge in [0.25, 0.3) is 7.52 Å². The lowest BCUT2D eigenvalue weighted by Gasteiger charge is -2.17. The molecule has 1 atom stereocenters. The Labute approximate surface area is 50.1 Å². The van der Waals surface area contributed by atoms with Crippen LogP contribution in [0.15, 0.2) is 0 Å². The largest absolute Gasteiger partial charge is 0.321 e. The zero-order valence-corrected chi connectivity index (χ0v) is 6.61. The first-order valence-corrected chi connectivity index (χ1v) is 4.34. The molecule has 3 nitrogen and oxygen atoms in total. The van der Waals surface area contributed by atoms with E-state index < -0.39 is 7.52 Å². The Bertz CT molecular complexity index is 113. The lowest BCUT2D eigenvalue weighted by Crippen LogP contribution is -2.07. The summed E-state index contributed by atoms with van der Waals surface area (Å²) in [4.78, 5) is 0. The quantitative estimate of drug-likeness (QED) is 0.532. The van der Waals surface area contributed by atoms with E-state index in [1.54, 1.807) is 25.4 Å². The lowest BCUT2D eigenvalue weighted by molar-refractivity contribution is 0.351. The van der Waals surface area contributed by atoms with E-state index in [9.17, 15) is 4.57 Å². The summed E-state index contributed by atoms with van der Waals surface area (Å²) in [6.07, 6.45) is 0. The SMILES string of the molecule is CO[P@@](C)(=O)N(C)C.